The van der Waals surface area contributed by atoms with Crippen LogP contribution in [-0.2, 0) is 11.2 Å². The van der Waals surface area contributed by atoms with E-state index < -0.39 is 0 Å². The van der Waals surface area contributed by atoms with Gasteiger partial charge in [0.05, 0.1) is 17.5 Å². The number of hydrogen-bond donors (Lipinski definition) is 0. The maximum atomic E-state index is 12.3. The van der Waals surface area contributed by atoms with Gasteiger partial charge in [0.1, 0.15) is 30.5 Å². The molecule has 0 unspecified atom stereocenters. The third-order valence-electron chi connectivity index (χ3n) is 6.47. The fourth-order valence-corrected chi connectivity index (χ4v) is 4.49. The number of nitrogens with zero attached hydrogens (tertiary/aromatic N) is 1. The molecule has 0 amide bonds. The monoisotopic (exact) mass is 479 g/mol. The van der Waals surface area contributed by atoms with Crippen LogP contribution in [0.3, 0.4) is 0 Å². The fourth-order valence-electron chi connectivity index (χ4n) is 4.25. The summed E-state index contributed by atoms with van der Waals surface area (Å²) in [6.07, 6.45) is 7.45. The van der Waals surface area contributed by atoms with E-state index in [4.69, 9.17) is 30.5 Å². The van der Waals surface area contributed by atoms with Crippen LogP contribution in [0, 0.1) is 11.8 Å². The molecule has 0 spiro atoms. The Bertz CT molecular complexity index is 1250. The van der Waals surface area contributed by atoms with E-state index in [1.54, 1.807) is 18.3 Å². The summed E-state index contributed by atoms with van der Waals surface area (Å²) < 4.78 is 24.2. The minimum atomic E-state index is 0.238. The highest BCUT2D eigenvalue weighted by molar-refractivity contribution is 6.31. The molecule has 1 aromatic heterocycles. The van der Waals surface area contributed by atoms with E-state index in [9.17, 15) is 4.79 Å². The van der Waals surface area contributed by atoms with Crippen LogP contribution in [0.15, 0.2) is 36.5 Å². The average Bonchev–Trinajstić information content (AvgIpc) is 3.76. The summed E-state index contributed by atoms with van der Waals surface area (Å²) in [6, 6.07) is 9.15. The van der Waals surface area contributed by atoms with Crippen molar-refractivity contribution in [3.8, 4) is 28.7 Å². The molecule has 0 saturated heterocycles. The summed E-state index contributed by atoms with van der Waals surface area (Å²) in [5, 5.41) is 1.26. The van der Waals surface area contributed by atoms with Crippen LogP contribution >= 0.6 is 11.6 Å². The van der Waals surface area contributed by atoms with Gasteiger partial charge in [0.15, 0.2) is 11.5 Å². The van der Waals surface area contributed by atoms with Crippen molar-refractivity contribution < 1.29 is 23.7 Å². The Labute approximate surface area is 203 Å². The molecule has 0 atom stereocenters. The number of ketones is 1. The minimum absolute atomic E-state index is 0.238. The predicted molar refractivity (Wildman–Crippen MR) is 129 cm³/mol. The van der Waals surface area contributed by atoms with Gasteiger partial charge in [0.2, 0.25) is 5.75 Å². The lowest BCUT2D eigenvalue weighted by atomic mass is 10.0. The molecule has 6 rings (SSSR count). The number of benzene rings is 2. The van der Waals surface area contributed by atoms with E-state index in [1.165, 1.54) is 25.7 Å². The van der Waals surface area contributed by atoms with E-state index in [1.807, 2.05) is 18.2 Å². The largest absolute Gasteiger partial charge is 0.489 e. The molecule has 7 heteroatoms. The molecular weight excluding hydrogens is 454 g/mol. The van der Waals surface area contributed by atoms with Crippen LogP contribution in [0.1, 0.15) is 37.7 Å². The number of carbonyl (C=O) groups is 1. The van der Waals surface area contributed by atoms with Gasteiger partial charge in [0, 0.05) is 30.1 Å². The molecule has 34 heavy (non-hydrogen) atoms. The highest BCUT2D eigenvalue weighted by atomic mass is 35.5. The minimum Gasteiger partial charge on any atom is -0.489 e. The summed E-state index contributed by atoms with van der Waals surface area (Å²) in [4.78, 5) is 16.8. The normalized spacial score (nSPS) is 17.0. The van der Waals surface area contributed by atoms with Crippen LogP contribution in [0.25, 0.3) is 10.9 Å². The molecule has 2 fully saturated rings. The Morgan fingerprint density at radius 3 is 2.56 bits per heavy atom. The van der Waals surface area contributed by atoms with Crippen molar-refractivity contribution in [2.45, 2.75) is 38.5 Å². The SMILES string of the molecule is O=C(Cc1ccc(Oc2ccnc3cc(OCC4CC4)c4c(c23)OCCO4)cc1Cl)CC1CC1. The first-order chi connectivity index (χ1) is 16.6. The van der Waals surface area contributed by atoms with Crippen LogP contribution in [0.5, 0.6) is 28.7 Å². The topological polar surface area (TPSA) is 66.9 Å². The highest BCUT2D eigenvalue weighted by Gasteiger charge is 2.28. The zero-order chi connectivity index (χ0) is 23.1. The first-order valence-electron chi connectivity index (χ1n) is 12.0. The van der Waals surface area contributed by atoms with E-state index in [2.05, 4.69) is 4.98 Å². The van der Waals surface area contributed by atoms with E-state index >= 15 is 0 Å². The maximum Gasteiger partial charge on any atom is 0.204 e. The first-order valence-corrected chi connectivity index (χ1v) is 12.3. The second-order valence-corrected chi connectivity index (χ2v) is 9.81. The smallest absolute Gasteiger partial charge is 0.204 e. The average molecular weight is 480 g/mol. The van der Waals surface area contributed by atoms with Crippen LogP contribution in [0.4, 0.5) is 0 Å². The lowest BCUT2D eigenvalue weighted by Crippen LogP contribution is -2.17. The number of Topliss-reactive ketones (excluding diaryl/α,β-unsaturated/α-hetero) is 1. The molecule has 2 aliphatic carbocycles. The molecule has 2 aromatic carbocycles. The van der Waals surface area contributed by atoms with Gasteiger partial charge < -0.3 is 18.9 Å². The number of hydrogen-bond acceptors (Lipinski definition) is 6. The van der Waals surface area contributed by atoms with Crippen LogP contribution in [-0.4, -0.2) is 30.6 Å². The van der Waals surface area contributed by atoms with Gasteiger partial charge >= 0.3 is 0 Å². The zero-order valence-electron chi connectivity index (χ0n) is 18.8. The Morgan fingerprint density at radius 1 is 1.00 bits per heavy atom. The highest BCUT2D eigenvalue weighted by Crippen LogP contribution is 2.49. The number of fused-ring (bicyclic) bond motifs is 3. The molecule has 3 aromatic rings. The predicted octanol–water partition coefficient (Wildman–Crippen LogP) is 6.15. The van der Waals surface area contributed by atoms with Crippen molar-refractivity contribution in [1.82, 2.24) is 4.98 Å². The number of halogens is 1. The summed E-state index contributed by atoms with van der Waals surface area (Å²) in [5.41, 5.74) is 1.53. The summed E-state index contributed by atoms with van der Waals surface area (Å²) in [7, 11) is 0. The molecule has 0 N–H and O–H groups in total. The van der Waals surface area contributed by atoms with Crippen molar-refractivity contribution in [2.75, 3.05) is 19.8 Å². The molecular formula is C27H26ClNO5. The van der Waals surface area contributed by atoms with Crippen LogP contribution < -0.4 is 18.9 Å². The van der Waals surface area contributed by atoms with Crippen molar-refractivity contribution in [3.05, 3.63) is 47.1 Å². The molecule has 2 saturated carbocycles. The van der Waals surface area contributed by atoms with Crippen molar-refractivity contribution in [2.24, 2.45) is 11.8 Å². The first kappa shape index (κ1) is 21.5. The molecule has 2 heterocycles. The number of carbonyl (C=O) groups excluding carboxylic acids is 1. The van der Waals surface area contributed by atoms with E-state index in [0.29, 0.717) is 83.8 Å². The van der Waals surface area contributed by atoms with Gasteiger partial charge in [-0.2, -0.15) is 0 Å². The third kappa shape index (κ3) is 4.64. The van der Waals surface area contributed by atoms with Crippen molar-refractivity contribution >= 4 is 28.3 Å². The molecule has 3 aliphatic rings. The fraction of sp³-hybridized carbons (Fsp3) is 0.407. The van der Waals surface area contributed by atoms with Crippen molar-refractivity contribution in [1.29, 1.82) is 0 Å². The summed E-state index contributed by atoms with van der Waals surface area (Å²) in [6.45, 7) is 1.58. The van der Waals surface area contributed by atoms with Gasteiger partial charge in [-0.3, -0.25) is 9.78 Å². The number of rotatable bonds is 9. The second kappa shape index (κ2) is 8.99. The molecule has 176 valence electrons. The van der Waals surface area contributed by atoms with Gasteiger partial charge in [-0.15, -0.1) is 0 Å². The van der Waals surface area contributed by atoms with Crippen LogP contribution in [0.2, 0.25) is 5.02 Å². The van der Waals surface area contributed by atoms with E-state index in [0.717, 1.165) is 10.9 Å². The molecule has 1 aliphatic heterocycles. The number of pyridine rings is 1. The maximum absolute atomic E-state index is 12.3. The molecule has 0 radical (unpaired) electrons. The third-order valence-corrected chi connectivity index (χ3v) is 6.82. The molecule has 6 nitrogen and oxygen atoms in total. The summed E-state index contributed by atoms with van der Waals surface area (Å²) >= 11 is 6.51. The van der Waals surface area contributed by atoms with E-state index in [-0.39, 0.29) is 5.78 Å². The Hall–Kier alpha value is -2.99. The zero-order valence-corrected chi connectivity index (χ0v) is 19.6. The Morgan fingerprint density at radius 2 is 1.79 bits per heavy atom. The van der Waals surface area contributed by atoms with Gasteiger partial charge in [-0.1, -0.05) is 17.7 Å². The molecule has 0 bridgehead atoms. The number of aromatic nitrogens is 1. The van der Waals surface area contributed by atoms with Gasteiger partial charge in [0.25, 0.3) is 0 Å². The second-order valence-electron chi connectivity index (χ2n) is 9.41. The lowest BCUT2D eigenvalue weighted by molar-refractivity contribution is -0.118. The van der Waals surface area contributed by atoms with Gasteiger partial charge in [-0.05, 0) is 61.3 Å². The quantitative estimate of drug-likeness (QED) is 0.366. The standard InChI is InChI=1S/C27H26ClNO5/c28-21-13-20(6-5-18(21)12-19(30)11-16-1-2-16)34-23-7-8-29-22-14-24(33-15-17-3-4-17)26-27(25(22)23)32-10-9-31-26/h5-8,13-14,16-17H,1-4,9-12,15H2. The Balaban J connectivity index is 1.28. The number of ether oxygens (including phenoxy) is 4. The van der Waals surface area contributed by atoms with Crippen molar-refractivity contribution in [3.63, 3.8) is 0 Å². The lowest BCUT2D eigenvalue weighted by Gasteiger charge is -2.23. The summed E-state index contributed by atoms with van der Waals surface area (Å²) in [5.74, 6) is 4.44. The Kier molecular flexibility index (Phi) is 5.69. The van der Waals surface area contributed by atoms with Gasteiger partial charge in [-0.25, -0.2) is 0 Å².